The van der Waals surface area contributed by atoms with E-state index in [0.29, 0.717) is 6.54 Å². The van der Waals surface area contributed by atoms with Crippen molar-refractivity contribution in [2.45, 2.75) is 6.42 Å². The number of nitrogens with two attached hydrogens (primary N) is 1. The summed E-state index contributed by atoms with van der Waals surface area (Å²) in [6.07, 6.45) is 2.97. The summed E-state index contributed by atoms with van der Waals surface area (Å²) in [6, 6.07) is 12.4. The van der Waals surface area contributed by atoms with Crippen LogP contribution in [0, 0.1) is 0 Å². The molecule has 0 fully saturated rings. The molecule has 0 amide bonds. The second-order valence-corrected chi connectivity index (χ2v) is 4.30. The average molecular weight is 265 g/mol. The topological polar surface area (TPSA) is 30.9 Å². The van der Waals surface area contributed by atoms with Gasteiger partial charge in [-0.15, -0.1) is 0 Å². The molecular weight excluding hydrogens is 252 g/mol. The zero-order chi connectivity index (χ0) is 10.7. The smallest absolute Gasteiger partial charge is 0.0453 e. The van der Waals surface area contributed by atoms with Crippen molar-refractivity contribution in [3.8, 4) is 5.69 Å². The molecule has 1 heterocycles. The number of hydrogen-bond donors (Lipinski definition) is 1. The van der Waals surface area contributed by atoms with Gasteiger partial charge in [0.2, 0.25) is 0 Å². The number of benzene rings is 1. The number of rotatable bonds is 3. The van der Waals surface area contributed by atoms with Crippen molar-refractivity contribution in [1.82, 2.24) is 4.57 Å². The Bertz CT molecular complexity index is 431. The first-order valence-electron chi connectivity index (χ1n) is 4.93. The summed E-state index contributed by atoms with van der Waals surface area (Å²) in [6.45, 7) is 0.681. The minimum absolute atomic E-state index is 0.681. The van der Waals surface area contributed by atoms with Crippen molar-refractivity contribution < 1.29 is 0 Å². The zero-order valence-electron chi connectivity index (χ0n) is 8.36. The van der Waals surface area contributed by atoms with Gasteiger partial charge in [-0.05, 0) is 42.9 Å². The third kappa shape index (κ3) is 2.30. The maximum atomic E-state index is 5.57. The highest BCUT2D eigenvalue weighted by atomic mass is 79.9. The Labute approximate surface area is 97.8 Å². The van der Waals surface area contributed by atoms with E-state index in [9.17, 15) is 0 Å². The Hall–Kier alpha value is -1.06. The lowest BCUT2D eigenvalue weighted by molar-refractivity contribution is 0.874. The largest absolute Gasteiger partial charge is 0.330 e. The molecule has 2 rings (SSSR count). The fraction of sp³-hybridized carbons (Fsp3) is 0.167. The summed E-state index contributed by atoms with van der Waals surface area (Å²) in [7, 11) is 0. The van der Waals surface area contributed by atoms with Gasteiger partial charge in [0.15, 0.2) is 0 Å². The minimum Gasteiger partial charge on any atom is -0.330 e. The molecule has 0 bridgehead atoms. The number of hydrogen-bond acceptors (Lipinski definition) is 1. The van der Waals surface area contributed by atoms with Gasteiger partial charge in [0.05, 0.1) is 0 Å². The molecule has 0 atom stereocenters. The molecule has 0 radical (unpaired) electrons. The Balaban J connectivity index is 2.36. The SMILES string of the molecule is NCCc1cccn1-c1ccc(Br)cc1. The lowest BCUT2D eigenvalue weighted by atomic mass is 10.3. The Morgan fingerprint density at radius 1 is 1.13 bits per heavy atom. The van der Waals surface area contributed by atoms with Crippen molar-refractivity contribution in [3.63, 3.8) is 0 Å². The first-order chi connectivity index (χ1) is 7.31. The quantitative estimate of drug-likeness (QED) is 0.908. The lowest BCUT2D eigenvalue weighted by Gasteiger charge is -2.08. The Morgan fingerprint density at radius 2 is 1.87 bits per heavy atom. The highest BCUT2D eigenvalue weighted by Gasteiger charge is 2.01. The van der Waals surface area contributed by atoms with E-state index < -0.39 is 0 Å². The summed E-state index contributed by atoms with van der Waals surface area (Å²) in [5, 5.41) is 0. The van der Waals surface area contributed by atoms with E-state index >= 15 is 0 Å². The first kappa shape index (κ1) is 10.5. The highest BCUT2D eigenvalue weighted by molar-refractivity contribution is 9.10. The van der Waals surface area contributed by atoms with Gasteiger partial charge in [0, 0.05) is 28.5 Å². The highest BCUT2D eigenvalue weighted by Crippen LogP contribution is 2.16. The fourth-order valence-electron chi connectivity index (χ4n) is 1.62. The molecule has 2 N–H and O–H groups in total. The molecule has 0 spiro atoms. The Kier molecular flexibility index (Phi) is 3.23. The molecule has 0 aliphatic rings. The van der Waals surface area contributed by atoms with Crippen LogP contribution in [0.5, 0.6) is 0 Å². The Morgan fingerprint density at radius 3 is 2.53 bits per heavy atom. The zero-order valence-corrected chi connectivity index (χ0v) is 9.94. The first-order valence-corrected chi connectivity index (χ1v) is 5.73. The molecule has 0 aliphatic heterocycles. The molecule has 2 nitrogen and oxygen atoms in total. The molecule has 0 saturated carbocycles. The predicted octanol–water partition coefficient (Wildman–Crippen LogP) is 2.74. The van der Waals surface area contributed by atoms with E-state index in [1.165, 1.54) is 11.4 Å². The van der Waals surface area contributed by atoms with Gasteiger partial charge in [-0.1, -0.05) is 15.9 Å². The molecule has 3 heteroatoms. The van der Waals surface area contributed by atoms with Gasteiger partial charge in [-0.25, -0.2) is 0 Å². The van der Waals surface area contributed by atoms with Crippen molar-refractivity contribution in [2.75, 3.05) is 6.54 Å². The molecule has 15 heavy (non-hydrogen) atoms. The fourth-order valence-corrected chi connectivity index (χ4v) is 1.89. The second kappa shape index (κ2) is 4.64. The minimum atomic E-state index is 0.681. The number of nitrogens with zero attached hydrogens (tertiary/aromatic N) is 1. The third-order valence-corrected chi connectivity index (χ3v) is 2.87. The van der Waals surface area contributed by atoms with Gasteiger partial charge < -0.3 is 10.3 Å². The number of halogens is 1. The maximum absolute atomic E-state index is 5.57. The van der Waals surface area contributed by atoms with Gasteiger partial charge >= 0.3 is 0 Å². The van der Waals surface area contributed by atoms with Crippen LogP contribution < -0.4 is 5.73 Å². The van der Waals surface area contributed by atoms with Crippen LogP contribution in [-0.2, 0) is 6.42 Å². The molecule has 0 unspecified atom stereocenters. The maximum Gasteiger partial charge on any atom is 0.0453 e. The van der Waals surface area contributed by atoms with Crippen LogP contribution in [0.1, 0.15) is 5.69 Å². The van der Waals surface area contributed by atoms with Crippen molar-refractivity contribution in [3.05, 3.63) is 52.8 Å². The molecule has 0 aliphatic carbocycles. The van der Waals surface area contributed by atoms with E-state index in [4.69, 9.17) is 5.73 Å². The predicted molar refractivity (Wildman–Crippen MR) is 66.2 cm³/mol. The van der Waals surface area contributed by atoms with Crippen LogP contribution >= 0.6 is 15.9 Å². The molecular formula is C12H13BrN2. The van der Waals surface area contributed by atoms with Gasteiger partial charge in [0.1, 0.15) is 0 Å². The van der Waals surface area contributed by atoms with Crippen molar-refractivity contribution >= 4 is 15.9 Å². The van der Waals surface area contributed by atoms with Gasteiger partial charge in [-0.2, -0.15) is 0 Å². The van der Waals surface area contributed by atoms with Gasteiger partial charge in [-0.3, -0.25) is 0 Å². The lowest BCUT2D eigenvalue weighted by Crippen LogP contribution is -2.07. The third-order valence-electron chi connectivity index (χ3n) is 2.34. The summed E-state index contributed by atoms with van der Waals surface area (Å²) < 4.78 is 3.26. The van der Waals surface area contributed by atoms with Gasteiger partial charge in [0.25, 0.3) is 0 Å². The van der Waals surface area contributed by atoms with E-state index in [-0.39, 0.29) is 0 Å². The van der Waals surface area contributed by atoms with Crippen LogP contribution in [0.4, 0.5) is 0 Å². The molecule has 2 aromatic rings. The molecule has 1 aromatic carbocycles. The van der Waals surface area contributed by atoms with Crippen LogP contribution in [0.3, 0.4) is 0 Å². The molecule has 78 valence electrons. The average Bonchev–Trinajstić information content (AvgIpc) is 2.68. The van der Waals surface area contributed by atoms with E-state index in [2.05, 4.69) is 44.9 Å². The second-order valence-electron chi connectivity index (χ2n) is 3.38. The summed E-state index contributed by atoms with van der Waals surface area (Å²) in [4.78, 5) is 0. The van der Waals surface area contributed by atoms with Crippen LogP contribution in [0.25, 0.3) is 5.69 Å². The standard InChI is InChI=1S/C12H13BrN2/c13-10-3-5-12(6-4-10)15-9-1-2-11(15)7-8-14/h1-6,9H,7-8,14H2. The molecule has 1 aromatic heterocycles. The summed E-state index contributed by atoms with van der Waals surface area (Å²) in [5.74, 6) is 0. The van der Waals surface area contributed by atoms with E-state index in [1.54, 1.807) is 0 Å². The monoisotopic (exact) mass is 264 g/mol. The van der Waals surface area contributed by atoms with Crippen LogP contribution in [0.2, 0.25) is 0 Å². The van der Waals surface area contributed by atoms with E-state index in [0.717, 1.165) is 10.9 Å². The summed E-state index contributed by atoms with van der Waals surface area (Å²) >= 11 is 3.43. The van der Waals surface area contributed by atoms with E-state index in [1.807, 2.05) is 18.2 Å². The summed E-state index contributed by atoms with van der Waals surface area (Å²) in [5.41, 5.74) is 7.99. The van der Waals surface area contributed by atoms with Crippen LogP contribution in [-0.4, -0.2) is 11.1 Å². The van der Waals surface area contributed by atoms with Crippen LogP contribution in [0.15, 0.2) is 47.1 Å². The normalized spacial score (nSPS) is 10.5. The number of aromatic nitrogens is 1. The molecule has 0 saturated heterocycles. The van der Waals surface area contributed by atoms with Crippen molar-refractivity contribution in [1.29, 1.82) is 0 Å². The van der Waals surface area contributed by atoms with Crippen molar-refractivity contribution in [2.24, 2.45) is 5.73 Å².